The number of methoxy groups -OCH3 is 1. The Morgan fingerprint density at radius 3 is 2.57 bits per heavy atom. The van der Waals surface area contributed by atoms with Crippen LogP contribution in [0.3, 0.4) is 0 Å². The Morgan fingerprint density at radius 2 is 2.05 bits per heavy atom. The lowest BCUT2D eigenvalue weighted by atomic mass is 10.0. The van der Waals surface area contributed by atoms with Crippen molar-refractivity contribution < 1.29 is 14.3 Å². The zero-order valence-corrected chi connectivity index (χ0v) is 13.9. The predicted octanol–water partition coefficient (Wildman–Crippen LogP) is 3.18. The number of carbonyl (C=O) groups excluding carboxylic acids is 1. The van der Waals surface area contributed by atoms with Crippen LogP contribution in [0.4, 0.5) is 4.79 Å². The van der Waals surface area contributed by atoms with E-state index in [1.165, 1.54) is 0 Å². The van der Waals surface area contributed by atoms with Crippen molar-refractivity contribution in [3.8, 4) is 5.75 Å². The Labute approximate surface area is 130 Å². The highest BCUT2D eigenvalue weighted by Gasteiger charge is 2.19. The topological polar surface area (TPSA) is 73.6 Å². The number of rotatable bonds is 4. The highest BCUT2D eigenvalue weighted by atomic mass is 35.5. The number of nitrogens with two attached hydrogens (primary N) is 1. The minimum atomic E-state index is -0.543. The molecule has 1 atom stereocenters. The predicted molar refractivity (Wildman–Crippen MR) is 83.9 cm³/mol. The van der Waals surface area contributed by atoms with Crippen LogP contribution in [0.25, 0.3) is 0 Å². The van der Waals surface area contributed by atoms with Crippen LogP contribution in [0.2, 0.25) is 5.02 Å². The number of hydrogen-bond donors (Lipinski definition) is 2. The fraction of sp³-hybridized carbons (Fsp3) is 0.533. The van der Waals surface area contributed by atoms with Crippen molar-refractivity contribution in [3.05, 3.63) is 28.3 Å². The summed E-state index contributed by atoms with van der Waals surface area (Å²) in [5.74, 6) is 0.679. The number of hydrogen-bond acceptors (Lipinski definition) is 4. The van der Waals surface area contributed by atoms with Gasteiger partial charge in [0.25, 0.3) is 0 Å². The van der Waals surface area contributed by atoms with Crippen LogP contribution in [-0.4, -0.2) is 25.3 Å². The molecule has 0 spiro atoms. The summed E-state index contributed by atoms with van der Waals surface area (Å²) in [7, 11) is 1.58. The first-order chi connectivity index (χ1) is 9.64. The molecule has 6 heteroatoms. The van der Waals surface area contributed by atoms with Gasteiger partial charge in [-0.1, -0.05) is 11.6 Å². The van der Waals surface area contributed by atoms with Gasteiger partial charge in [-0.25, -0.2) is 4.79 Å². The Hall–Kier alpha value is -1.46. The summed E-state index contributed by atoms with van der Waals surface area (Å²) in [5.41, 5.74) is 7.21. The van der Waals surface area contributed by atoms with E-state index in [-0.39, 0.29) is 6.54 Å². The molecule has 1 unspecified atom stereocenters. The lowest BCUT2D eigenvalue weighted by Gasteiger charge is -2.22. The molecule has 0 saturated carbocycles. The van der Waals surface area contributed by atoms with Crippen molar-refractivity contribution in [2.45, 2.75) is 39.3 Å². The molecule has 5 nitrogen and oxygen atoms in total. The van der Waals surface area contributed by atoms with Crippen LogP contribution in [0.15, 0.2) is 12.1 Å². The van der Waals surface area contributed by atoms with Crippen LogP contribution in [0.1, 0.15) is 37.9 Å². The average Bonchev–Trinajstić information content (AvgIpc) is 2.33. The molecule has 1 aromatic carbocycles. The molecular formula is C15H23ClN2O3. The molecule has 3 N–H and O–H groups in total. The molecule has 0 fully saturated rings. The van der Waals surface area contributed by atoms with E-state index in [1.54, 1.807) is 40.0 Å². The summed E-state index contributed by atoms with van der Waals surface area (Å²) in [6.45, 7) is 7.52. The second kappa shape index (κ2) is 7.00. The summed E-state index contributed by atoms with van der Waals surface area (Å²) in [6.07, 6.45) is -0.504. The highest BCUT2D eigenvalue weighted by Crippen LogP contribution is 2.31. The Morgan fingerprint density at radius 1 is 1.43 bits per heavy atom. The smallest absolute Gasteiger partial charge is 0.407 e. The maximum atomic E-state index is 11.6. The molecule has 1 aromatic rings. The van der Waals surface area contributed by atoms with Gasteiger partial charge >= 0.3 is 6.09 Å². The van der Waals surface area contributed by atoms with Gasteiger partial charge in [-0.2, -0.15) is 0 Å². The summed E-state index contributed by atoms with van der Waals surface area (Å²) >= 11 is 6.05. The molecule has 0 saturated heterocycles. The molecule has 0 bridgehead atoms. The molecule has 0 radical (unpaired) electrons. The monoisotopic (exact) mass is 314 g/mol. The van der Waals surface area contributed by atoms with Gasteiger partial charge in [-0.15, -0.1) is 0 Å². The van der Waals surface area contributed by atoms with E-state index in [0.717, 1.165) is 11.1 Å². The van der Waals surface area contributed by atoms with Crippen LogP contribution in [-0.2, 0) is 4.74 Å². The molecule has 1 rings (SSSR count). The summed E-state index contributed by atoms with van der Waals surface area (Å²) in [4.78, 5) is 11.6. The first-order valence-corrected chi connectivity index (χ1v) is 7.08. The maximum Gasteiger partial charge on any atom is 0.407 e. The number of benzene rings is 1. The molecule has 1 amide bonds. The van der Waals surface area contributed by atoms with E-state index in [9.17, 15) is 4.79 Å². The first-order valence-electron chi connectivity index (χ1n) is 6.70. The van der Waals surface area contributed by atoms with E-state index in [2.05, 4.69) is 5.32 Å². The number of ether oxygens (including phenoxy) is 2. The second-order valence-corrected chi connectivity index (χ2v) is 6.27. The van der Waals surface area contributed by atoms with Crippen molar-refractivity contribution >= 4 is 17.7 Å². The summed E-state index contributed by atoms with van der Waals surface area (Å²) in [5, 5.41) is 3.22. The molecule has 118 valence electrons. The van der Waals surface area contributed by atoms with Crippen LogP contribution < -0.4 is 15.8 Å². The third kappa shape index (κ3) is 5.44. The Kier molecular flexibility index (Phi) is 5.87. The second-order valence-electron chi connectivity index (χ2n) is 5.83. The van der Waals surface area contributed by atoms with Crippen molar-refractivity contribution in [3.63, 3.8) is 0 Å². The SMILES string of the molecule is COc1c(C)cc(Cl)cc1C(N)CNC(=O)OC(C)(C)C. The van der Waals surface area contributed by atoms with Crippen LogP contribution in [0.5, 0.6) is 5.75 Å². The molecule has 0 aliphatic rings. The zero-order valence-electron chi connectivity index (χ0n) is 13.1. The maximum absolute atomic E-state index is 11.6. The van der Waals surface area contributed by atoms with Gasteiger partial charge in [0.1, 0.15) is 11.4 Å². The minimum Gasteiger partial charge on any atom is -0.496 e. The molecule has 21 heavy (non-hydrogen) atoms. The number of carbonyl (C=O) groups is 1. The molecule has 0 aliphatic heterocycles. The van der Waals surface area contributed by atoms with Gasteiger partial charge in [-0.3, -0.25) is 0 Å². The lowest BCUT2D eigenvalue weighted by molar-refractivity contribution is 0.0524. The molecule has 0 aliphatic carbocycles. The summed E-state index contributed by atoms with van der Waals surface area (Å²) < 4.78 is 10.5. The fourth-order valence-corrected chi connectivity index (χ4v) is 2.21. The molecular weight excluding hydrogens is 292 g/mol. The van der Waals surface area contributed by atoms with Crippen molar-refractivity contribution in [2.75, 3.05) is 13.7 Å². The van der Waals surface area contributed by atoms with Crippen molar-refractivity contribution in [1.29, 1.82) is 0 Å². The summed E-state index contributed by atoms with van der Waals surface area (Å²) in [6, 6.07) is 3.11. The fourth-order valence-electron chi connectivity index (χ4n) is 1.93. The number of nitrogens with one attached hydrogen (secondary N) is 1. The Bertz CT molecular complexity index is 512. The van der Waals surface area contributed by atoms with Crippen molar-refractivity contribution in [2.24, 2.45) is 5.73 Å². The standard InChI is InChI=1S/C15H23ClN2O3/c1-9-6-10(16)7-11(13(9)20-5)12(17)8-18-14(19)21-15(2,3)4/h6-7,12H,8,17H2,1-5H3,(H,18,19). The van der Waals surface area contributed by atoms with Gasteiger partial charge in [0, 0.05) is 17.1 Å². The first kappa shape index (κ1) is 17.6. The van der Waals surface area contributed by atoms with Crippen LogP contribution >= 0.6 is 11.6 Å². The van der Waals surface area contributed by atoms with E-state index < -0.39 is 17.7 Å². The Balaban J connectivity index is 2.76. The van der Waals surface area contributed by atoms with Gasteiger partial charge in [0.15, 0.2) is 0 Å². The third-order valence-electron chi connectivity index (χ3n) is 2.74. The number of halogens is 1. The number of amides is 1. The molecule has 0 heterocycles. The zero-order chi connectivity index (χ0) is 16.2. The van der Waals surface area contributed by atoms with E-state index in [4.69, 9.17) is 26.8 Å². The van der Waals surface area contributed by atoms with E-state index >= 15 is 0 Å². The highest BCUT2D eigenvalue weighted by molar-refractivity contribution is 6.30. The van der Waals surface area contributed by atoms with E-state index in [1.807, 2.05) is 6.92 Å². The van der Waals surface area contributed by atoms with Gasteiger partial charge in [0.2, 0.25) is 0 Å². The average molecular weight is 315 g/mol. The number of alkyl carbamates (subject to hydrolysis) is 1. The van der Waals surface area contributed by atoms with Crippen molar-refractivity contribution in [1.82, 2.24) is 5.32 Å². The minimum absolute atomic E-state index is 0.227. The van der Waals surface area contributed by atoms with Gasteiger partial charge < -0.3 is 20.5 Å². The quantitative estimate of drug-likeness (QED) is 0.895. The van der Waals surface area contributed by atoms with Gasteiger partial charge in [-0.05, 0) is 45.4 Å². The number of aryl methyl sites for hydroxylation is 1. The van der Waals surface area contributed by atoms with Gasteiger partial charge in [0.05, 0.1) is 13.2 Å². The largest absolute Gasteiger partial charge is 0.496 e. The van der Waals surface area contributed by atoms with E-state index in [0.29, 0.717) is 10.8 Å². The third-order valence-corrected chi connectivity index (χ3v) is 2.96. The molecule has 0 aromatic heterocycles. The van der Waals surface area contributed by atoms with Crippen LogP contribution in [0, 0.1) is 6.92 Å². The lowest BCUT2D eigenvalue weighted by Crippen LogP contribution is -2.36. The normalized spacial score (nSPS) is 12.7.